The summed E-state index contributed by atoms with van der Waals surface area (Å²) in [4.78, 5) is 14.7. The van der Waals surface area contributed by atoms with Crippen LogP contribution in [-0.2, 0) is 9.13 Å². The maximum Gasteiger partial charge on any atom is 0.338 e. The lowest BCUT2D eigenvalue weighted by molar-refractivity contribution is 0.591. The Bertz CT molecular complexity index is 2350. The van der Waals surface area contributed by atoms with Gasteiger partial charge >= 0.3 is 5.69 Å². The van der Waals surface area contributed by atoms with Crippen LogP contribution in [0.3, 0.4) is 0 Å². The van der Waals surface area contributed by atoms with E-state index in [-0.39, 0.29) is 5.69 Å². The molecule has 7 heteroatoms. The number of nitrogens with zero attached hydrogens (tertiary/aromatic N) is 2. The van der Waals surface area contributed by atoms with Crippen molar-refractivity contribution in [2.24, 2.45) is 0 Å². The topological polar surface area (TPSA) is 61.1 Å². The lowest BCUT2D eigenvalue weighted by Crippen LogP contribution is -2.27. The minimum atomic E-state index is -3.29. The van der Waals surface area contributed by atoms with Crippen molar-refractivity contribution in [3.05, 3.63) is 205 Å². The number of rotatable bonds is 8. The standard InChI is InChI=1S/C43H32N2O3P2/c46-43-44(33-17-15-27-39(31-33)49(47,35-19-5-1-6-20-35)36-21-7-2-8-22-36)41-29-13-14-30-42(41)45(43)34-18-16-28-40(32-34)50(48,37-23-9-3-10-24-37)38-25-11-4-12-26-38/h1-32H. The first-order valence-corrected chi connectivity index (χ1v) is 19.8. The monoisotopic (exact) mass is 686 g/mol. The van der Waals surface area contributed by atoms with Crippen LogP contribution in [0.1, 0.15) is 0 Å². The minimum absolute atomic E-state index is 0.288. The largest absolute Gasteiger partial charge is 0.338 e. The number of benzene rings is 7. The van der Waals surface area contributed by atoms with Gasteiger partial charge in [0.05, 0.1) is 22.4 Å². The van der Waals surface area contributed by atoms with E-state index in [9.17, 15) is 4.79 Å². The SMILES string of the molecule is O=c1n(-c2cccc(P(=O)(c3ccccc3)c3ccccc3)c2)c2ccccc2n1-c1cccc(P(=O)(c2ccccc2)c2ccccc2)c1. The molecular weight excluding hydrogens is 654 g/mol. The summed E-state index contributed by atoms with van der Waals surface area (Å²) in [5.41, 5.74) is 2.31. The third-order valence-electron chi connectivity index (χ3n) is 9.13. The quantitative estimate of drug-likeness (QED) is 0.161. The van der Waals surface area contributed by atoms with Crippen LogP contribution >= 0.6 is 14.3 Å². The number of aromatic nitrogens is 2. The van der Waals surface area contributed by atoms with E-state index in [1.54, 1.807) is 9.13 Å². The Morgan fingerprint density at radius 2 is 0.600 bits per heavy atom. The molecule has 0 aliphatic heterocycles. The molecule has 8 aromatic rings. The van der Waals surface area contributed by atoms with Crippen molar-refractivity contribution in [2.75, 3.05) is 0 Å². The van der Waals surface area contributed by atoms with Crippen molar-refractivity contribution in [1.82, 2.24) is 9.13 Å². The van der Waals surface area contributed by atoms with Crippen LogP contribution in [0.15, 0.2) is 199 Å². The number of fused-ring (bicyclic) bond motifs is 1. The average Bonchev–Trinajstić information content (AvgIpc) is 3.50. The van der Waals surface area contributed by atoms with Gasteiger partial charge in [-0.05, 0) is 36.4 Å². The molecule has 0 bridgehead atoms. The van der Waals surface area contributed by atoms with Crippen LogP contribution in [0.4, 0.5) is 0 Å². The Morgan fingerprint density at radius 1 is 0.320 bits per heavy atom. The maximum atomic E-state index is 15.2. The van der Waals surface area contributed by atoms with E-state index in [0.717, 1.165) is 21.2 Å². The number of hydrogen-bond donors (Lipinski definition) is 0. The molecule has 8 rings (SSSR count). The molecule has 0 saturated heterocycles. The van der Waals surface area contributed by atoms with Crippen LogP contribution < -0.4 is 37.5 Å². The van der Waals surface area contributed by atoms with E-state index in [2.05, 4.69) is 0 Å². The molecule has 0 fully saturated rings. The second-order valence-corrected chi connectivity index (χ2v) is 17.6. The fourth-order valence-electron chi connectivity index (χ4n) is 6.75. The summed E-state index contributed by atoms with van der Waals surface area (Å²) >= 11 is 0. The van der Waals surface area contributed by atoms with Crippen LogP contribution in [0.5, 0.6) is 0 Å². The molecule has 50 heavy (non-hydrogen) atoms. The van der Waals surface area contributed by atoms with Gasteiger partial charge in [-0.3, -0.25) is 9.13 Å². The second-order valence-electron chi connectivity index (χ2n) is 12.0. The predicted molar refractivity (Wildman–Crippen MR) is 208 cm³/mol. The van der Waals surface area contributed by atoms with Gasteiger partial charge in [0.1, 0.15) is 0 Å². The van der Waals surface area contributed by atoms with Gasteiger partial charge in [0.2, 0.25) is 0 Å². The first-order chi connectivity index (χ1) is 24.5. The molecule has 7 aromatic carbocycles. The Morgan fingerprint density at radius 3 is 0.920 bits per heavy atom. The molecular formula is C43H32N2O3P2. The van der Waals surface area contributed by atoms with Crippen LogP contribution in [0.25, 0.3) is 22.4 Å². The zero-order valence-corrected chi connectivity index (χ0v) is 28.8. The predicted octanol–water partition coefficient (Wildman–Crippen LogP) is 7.06. The first kappa shape index (κ1) is 31.5. The van der Waals surface area contributed by atoms with Crippen LogP contribution in [0.2, 0.25) is 0 Å². The van der Waals surface area contributed by atoms with Gasteiger partial charge in [-0.1, -0.05) is 158 Å². The van der Waals surface area contributed by atoms with Crippen molar-refractivity contribution < 1.29 is 9.13 Å². The molecule has 0 amide bonds. The Hall–Kier alpha value is -5.73. The van der Waals surface area contributed by atoms with Gasteiger partial charge < -0.3 is 9.13 Å². The molecule has 0 spiro atoms. The van der Waals surface area contributed by atoms with E-state index in [4.69, 9.17) is 0 Å². The maximum absolute atomic E-state index is 15.2. The second kappa shape index (κ2) is 12.9. The highest BCUT2D eigenvalue weighted by Gasteiger charge is 2.32. The Kier molecular flexibility index (Phi) is 8.17. The lowest BCUT2D eigenvalue weighted by atomic mass is 10.2. The van der Waals surface area contributed by atoms with Crippen molar-refractivity contribution >= 4 is 57.1 Å². The van der Waals surface area contributed by atoms with E-state index in [0.29, 0.717) is 33.0 Å². The Labute approximate surface area is 290 Å². The highest BCUT2D eigenvalue weighted by atomic mass is 31.2. The van der Waals surface area contributed by atoms with E-state index in [1.165, 1.54) is 0 Å². The third-order valence-corrected chi connectivity index (χ3v) is 15.2. The zero-order chi connectivity index (χ0) is 34.1. The van der Waals surface area contributed by atoms with Gasteiger partial charge in [-0.2, -0.15) is 0 Å². The molecule has 0 aliphatic rings. The summed E-state index contributed by atoms with van der Waals surface area (Å²) in [7, 11) is -6.58. The fourth-order valence-corrected chi connectivity index (χ4v) is 12.1. The van der Waals surface area contributed by atoms with Crippen molar-refractivity contribution in [3.63, 3.8) is 0 Å². The summed E-state index contributed by atoms with van der Waals surface area (Å²) in [5.74, 6) is 0. The highest BCUT2D eigenvalue weighted by molar-refractivity contribution is 7.85. The smallest absolute Gasteiger partial charge is 0.309 e. The van der Waals surface area contributed by atoms with Gasteiger partial charge in [0.25, 0.3) is 0 Å². The van der Waals surface area contributed by atoms with E-state index < -0.39 is 14.3 Å². The fraction of sp³-hybridized carbons (Fsp3) is 0. The summed E-state index contributed by atoms with van der Waals surface area (Å²) in [6.07, 6.45) is 0. The molecule has 1 heterocycles. The van der Waals surface area contributed by atoms with Crippen molar-refractivity contribution in [1.29, 1.82) is 0 Å². The molecule has 0 atom stereocenters. The summed E-state index contributed by atoms with van der Waals surface area (Å²) in [5, 5.41) is 4.13. The molecule has 0 unspecified atom stereocenters. The van der Waals surface area contributed by atoms with Crippen molar-refractivity contribution in [3.8, 4) is 11.4 Å². The van der Waals surface area contributed by atoms with Crippen LogP contribution in [0, 0.1) is 0 Å². The summed E-state index contributed by atoms with van der Waals surface area (Å²) in [6.45, 7) is 0. The highest BCUT2D eigenvalue weighted by Crippen LogP contribution is 2.44. The zero-order valence-electron chi connectivity index (χ0n) is 27.0. The van der Waals surface area contributed by atoms with Crippen LogP contribution in [-0.4, -0.2) is 9.13 Å². The van der Waals surface area contributed by atoms with Gasteiger partial charge in [0.15, 0.2) is 14.3 Å². The average molecular weight is 687 g/mol. The molecule has 1 aromatic heterocycles. The third kappa shape index (κ3) is 5.24. The van der Waals surface area contributed by atoms with E-state index >= 15 is 9.13 Å². The summed E-state index contributed by atoms with van der Waals surface area (Å²) in [6, 6.07) is 60.6. The number of hydrogen-bond acceptors (Lipinski definition) is 3. The number of para-hydroxylation sites is 2. The molecule has 5 nitrogen and oxygen atoms in total. The van der Waals surface area contributed by atoms with E-state index in [1.807, 2.05) is 194 Å². The van der Waals surface area contributed by atoms with Gasteiger partial charge in [-0.15, -0.1) is 0 Å². The molecule has 0 radical (unpaired) electrons. The normalized spacial score (nSPS) is 11.8. The Balaban J connectivity index is 1.32. The minimum Gasteiger partial charge on any atom is -0.309 e. The molecule has 242 valence electrons. The van der Waals surface area contributed by atoms with Crippen molar-refractivity contribution in [2.45, 2.75) is 0 Å². The first-order valence-electron chi connectivity index (χ1n) is 16.4. The summed E-state index contributed by atoms with van der Waals surface area (Å²) < 4.78 is 33.8. The molecule has 0 saturated carbocycles. The lowest BCUT2D eigenvalue weighted by Gasteiger charge is -2.21. The molecule has 0 aliphatic carbocycles. The number of imidazole rings is 1. The van der Waals surface area contributed by atoms with Gasteiger partial charge in [-0.25, -0.2) is 4.79 Å². The van der Waals surface area contributed by atoms with Gasteiger partial charge in [0, 0.05) is 31.8 Å². The molecule has 0 N–H and O–H groups in total.